The number of amides is 1. The molecule has 2 saturated carbocycles. The van der Waals surface area contributed by atoms with Crippen LogP contribution in [-0.4, -0.2) is 16.7 Å². The molecule has 0 aromatic carbocycles. The molecule has 2 bridgehead atoms. The highest BCUT2D eigenvalue weighted by Crippen LogP contribution is 2.70. The van der Waals surface area contributed by atoms with Gasteiger partial charge in [-0.25, -0.2) is 0 Å². The van der Waals surface area contributed by atoms with E-state index < -0.39 is 5.41 Å². The van der Waals surface area contributed by atoms with Gasteiger partial charge >= 0.3 is 0 Å². The van der Waals surface area contributed by atoms with Crippen molar-refractivity contribution in [2.75, 3.05) is 5.32 Å². The monoisotopic (exact) mass is 272 g/mol. The number of anilines is 1. The quantitative estimate of drug-likeness (QED) is 0.900. The molecule has 1 heterocycles. The van der Waals surface area contributed by atoms with Gasteiger partial charge in [-0.2, -0.15) is 0 Å². The van der Waals surface area contributed by atoms with Crippen LogP contribution < -0.4 is 5.32 Å². The van der Waals surface area contributed by atoms with Crippen molar-refractivity contribution in [3.8, 4) is 0 Å². The number of pyridine rings is 1. The molecule has 0 spiro atoms. The molecule has 2 atom stereocenters. The second-order valence-corrected chi connectivity index (χ2v) is 6.83. The van der Waals surface area contributed by atoms with Gasteiger partial charge in [0.2, 0.25) is 5.91 Å². The van der Waals surface area contributed by atoms with Crippen LogP contribution >= 0.6 is 0 Å². The van der Waals surface area contributed by atoms with Gasteiger partial charge in [-0.15, -0.1) is 0 Å². The van der Waals surface area contributed by atoms with Crippen LogP contribution in [0.3, 0.4) is 0 Å². The topological polar surface area (TPSA) is 59.1 Å². The van der Waals surface area contributed by atoms with E-state index in [1.165, 1.54) is 0 Å². The Morgan fingerprint density at radius 2 is 1.85 bits per heavy atom. The Labute approximate surface area is 119 Å². The van der Waals surface area contributed by atoms with Crippen LogP contribution in [0.4, 0.5) is 5.69 Å². The summed E-state index contributed by atoms with van der Waals surface area (Å²) in [5.41, 5.74) is -0.484. The molecule has 2 fully saturated rings. The lowest BCUT2D eigenvalue weighted by Crippen LogP contribution is -2.43. The van der Waals surface area contributed by atoms with Crippen LogP contribution in [0.1, 0.15) is 40.0 Å². The lowest BCUT2D eigenvalue weighted by atomic mass is 9.64. The number of rotatable bonds is 2. The molecule has 1 N–H and O–H groups in total. The summed E-state index contributed by atoms with van der Waals surface area (Å²) in [6, 6.07) is 3.54. The summed E-state index contributed by atoms with van der Waals surface area (Å²) in [6.07, 6.45) is 5.27. The van der Waals surface area contributed by atoms with E-state index in [1.54, 1.807) is 24.5 Å². The Bertz CT molecular complexity index is 581. The molecule has 1 aromatic rings. The van der Waals surface area contributed by atoms with Crippen molar-refractivity contribution in [2.24, 2.45) is 16.2 Å². The summed E-state index contributed by atoms with van der Waals surface area (Å²) in [5.74, 6) is 0.210. The van der Waals surface area contributed by atoms with Crippen LogP contribution in [0, 0.1) is 16.2 Å². The van der Waals surface area contributed by atoms with Crippen LogP contribution in [-0.2, 0) is 9.59 Å². The van der Waals surface area contributed by atoms with E-state index in [0.29, 0.717) is 6.42 Å². The third kappa shape index (κ3) is 1.39. The van der Waals surface area contributed by atoms with E-state index in [2.05, 4.69) is 24.1 Å². The summed E-state index contributed by atoms with van der Waals surface area (Å²) in [6.45, 7) is 6.15. The fourth-order valence-corrected chi connectivity index (χ4v) is 4.05. The van der Waals surface area contributed by atoms with Crippen molar-refractivity contribution in [1.29, 1.82) is 0 Å². The number of fused-ring (bicyclic) bond motifs is 2. The third-order valence-electron chi connectivity index (χ3n) is 6.08. The van der Waals surface area contributed by atoms with E-state index in [4.69, 9.17) is 0 Å². The first kappa shape index (κ1) is 13.3. The average Bonchev–Trinajstić information content (AvgIpc) is 2.70. The maximum Gasteiger partial charge on any atom is 0.231 e. The van der Waals surface area contributed by atoms with Crippen LogP contribution in [0.2, 0.25) is 0 Å². The van der Waals surface area contributed by atoms with Gasteiger partial charge in [0.1, 0.15) is 5.78 Å². The second kappa shape index (κ2) is 3.90. The summed E-state index contributed by atoms with van der Waals surface area (Å²) < 4.78 is 0. The molecule has 2 aliphatic rings. The third-order valence-corrected chi connectivity index (χ3v) is 6.08. The summed E-state index contributed by atoms with van der Waals surface area (Å²) >= 11 is 0. The number of hydrogen-bond acceptors (Lipinski definition) is 3. The summed E-state index contributed by atoms with van der Waals surface area (Å²) in [4.78, 5) is 29.1. The minimum Gasteiger partial charge on any atom is -0.325 e. The molecule has 106 valence electrons. The van der Waals surface area contributed by atoms with Crippen molar-refractivity contribution < 1.29 is 9.59 Å². The molecule has 0 saturated heterocycles. The minimum atomic E-state index is -0.567. The molecule has 0 radical (unpaired) electrons. The van der Waals surface area contributed by atoms with Crippen molar-refractivity contribution in [3.05, 3.63) is 24.5 Å². The van der Waals surface area contributed by atoms with Crippen molar-refractivity contribution in [1.82, 2.24) is 4.98 Å². The predicted molar refractivity (Wildman–Crippen MR) is 76.0 cm³/mol. The first-order valence-corrected chi connectivity index (χ1v) is 7.08. The Kier molecular flexibility index (Phi) is 2.59. The second-order valence-electron chi connectivity index (χ2n) is 6.83. The molecule has 4 nitrogen and oxygen atoms in total. The Hall–Kier alpha value is -1.71. The maximum atomic E-state index is 12.8. The lowest BCUT2D eigenvalue weighted by Gasteiger charge is -2.38. The fourth-order valence-electron chi connectivity index (χ4n) is 4.05. The molecule has 0 aliphatic heterocycles. The smallest absolute Gasteiger partial charge is 0.231 e. The van der Waals surface area contributed by atoms with Crippen LogP contribution in [0.15, 0.2) is 24.5 Å². The zero-order chi connectivity index (χ0) is 14.6. The molecular formula is C16H20N2O2. The number of ketones is 1. The predicted octanol–water partition coefficient (Wildman–Crippen LogP) is 2.81. The SMILES string of the molecule is CC1(C)[C@@]2(C(=O)Nc3ccncc3)CC[C@]1(C)C(=O)C2. The average molecular weight is 272 g/mol. The fraction of sp³-hybridized carbons (Fsp3) is 0.562. The first-order chi connectivity index (χ1) is 9.33. The number of carbonyl (C=O) groups is 2. The van der Waals surface area contributed by atoms with E-state index >= 15 is 0 Å². The number of carbonyl (C=O) groups excluding carboxylic acids is 2. The Morgan fingerprint density at radius 1 is 1.20 bits per heavy atom. The van der Waals surface area contributed by atoms with Gasteiger partial charge in [-0.05, 0) is 30.4 Å². The van der Waals surface area contributed by atoms with Gasteiger partial charge in [0.25, 0.3) is 0 Å². The van der Waals surface area contributed by atoms with Crippen molar-refractivity contribution in [3.63, 3.8) is 0 Å². The van der Waals surface area contributed by atoms with Gasteiger partial charge < -0.3 is 5.32 Å². The van der Waals surface area contributed by atoms with Gasteiger partial charge in [-0.3, -0.25) is 14.6 Å². The highest BCUT2D eigenvalue weighted by Gasteiger charge is 2.72. The normalized spacial score (nSPS) is 34.2. The summed E-state index contributed by atoms with van der Waals surface area (Å²) in [5, 5.41) is 2.96. The first-order valence-electron chi connectivity index (χ1n) is 7.08. The summed E-state index contributed by atoms with van der Waals surface area (Å²) in [7, 11) is 0. The highest BCUT2D eigenvalue weighted by atomic mass is 16.2. The number of hydrogen-bond donors (Lipinski definition) is 1. The van der Waals surface area contributed by atoms with E-state index in [9.17, 15) is 9.59 Å². The van der Waals surface area contributed by atoms with E-state index in [1.807, 2.05) is 6.92 Å². The largest absolute Gasteiger partial charge is 0.325 e. The van der Waals surface area contributed by atoms with Crippen LogP contribution in [0.25, 0.3) is 0 Å². The van der Waals surface area contributed by atoms with Gasteiger partial charge in [0.15, 0.2) is 0 Å². The number of nitrogens with one attached hydrogen (secondary N) is 1. The molecule has 4 heteroatoms. The maximum absolute atomic E-state index is 12.8. The zero-order valence-electron chi connectivity index (χ0n) is 12.2. The Morgan fingerprint density at radius 3 is 2.35 bits per heavy atom. The number of Topliss-reactive ketones (excluding diaryl/α,β-unsaturated/α-hetero) is 1. The van der Waals surface area contributed by atoms with E-state index in [-0.39, 0.29) is 22.5 Å². The van der Waals surface area contributed by atoms with Gasteiger partial charge in [-0.1, -0.05) is 20.8 Å². The van der Waals surface area contributed by atoms with E-state index in [0.717, 1.165) is 18.5 Å². The molecule has 3 rings (SSSR count). The number of nitrogens with zero attached hydrogens (tertiary/aromatic N) is 1. The minimum absolute atomic E-state index is 0.0247. The lowest BCUT2D eigenvalue weighted by molar-refractivity contribution is -0.131. The zero-order valence-corrected chi connectivity index (χ0v) is 12.2. The standard InChI is InChI=1S/C16H20N2O2/c1-14(2)15(3)6-7-16(14,10-12(15)19)13(20)18-11-4-8-17-9-5-11/h4-5,8-9H,6-7,10H2,1-3H3,(H,17,18,20)/t15-,16+/m1/s1. The molecule has 0 unspecified atom stereocenters. The van der Waals surface area contributed by atoms with Crippen molar-refractivity contribution in [2.45, 2.75) is 40.0 Å². The van der Waals surface area contributed by atoms with Crippen molar-refractivity contribution >= 4 is 17.4 Å². The molecule has 20 heavy (non-hydrogen) atoms. The molecule has 2 aliphatic carbocycles. The number of aromatic nitrogens is 1. The molecule has 1 amide bonds. The Balaban J connectivity index is 1.94. The highest BCUT2D eigenvalue weighted by molar-refractivity contribution is 6.04. The van der Waals surface area contributed by atoms with Crippen LogP contribution in [0.5, 0.6) is 0 Å². The van der Waals surface area contributed by atoms with Gasteiger partial charge in [0, 0.05) is 29.9 Å². The molecular weight excluding hydrogens is 252 g/mol. The molecule has 1 aromatic heterocycles. The van der Waals surface area contributed by atoms with Gasteiger partial charge in [0.05, 0.1) is 5.41 Å².